The predicted octanol–water partition coefficient (Wildman–Crippen LogP) is 2.79. The SMILES string of the molecule is COCC(=O)c1cc(C)c(Cl)c(C)c1. The first-order valence-electron chi connectivity index (χ1n) is 4.35. The lowest BCUT2D eigenvalue weighted by atomic mass is 10.0. The fourth-order valence-electron chi connectivity index (χ4n) is 1.32. The quantitative estimate of drug-likeness (QED) is 0.721. The second kappa shape index (κ2) is 4.58. The average molecular weight is 213 g/mol. The first kappa shape index (κ1) is 11.2. The molecule has 1 aromatic carbocycles. The molecule has 0 amide bonds. The van der Waals surface area contributed by atoms with Crippen LogP contribution >= 0.6 is 11.6 Å². The molecule has 0 saturated heterocycles. The molecule has 0 spiro atoms. The molecule has 14 heavy (non-hydrogen) atoms. The van der Waals surface area contributed by atoms with E-state index in [0.717, 1.165) is 16.1 Å². The van der Waals surface area contributed by atoms with Gasteiger partial charge in [0.1, 0.15) is 6.61 Å². The summed E-state index contributed by atoms with van der Waals surface area (Å²) < 4.78 is 4.79. The summed E-state index contributed by atoms with van der Waals surface area (Å²) in [6.45, 7) is 3.89. The Bertz CT molecular complexity index is 335. The zero-order valence-corrected chi connectivity index (χ0v) is 9.31. The van der Waals surface area contributed by atoms with Crippen LogP contribution in [0.1, 0.15) is 21.5 Å². The molecule has 2 nitrogen and oxygen atoms in total. The number of carbonyl (C=O) groups excluding carboxylic acids is 1. The fourth-order valence-corrected chi connectivity index (χ4v) is 1.43. The van der Waals surface area contributed by atoms with E-state index in [4.69, 9.17) is 16.3 Å². The van der Waals surface area contributed by atoms with E-state index in [9.17, 15) is 4.79 Å². The summed E-state index contributed by atoms with van der Waals surface area (Å²) in [5, 5.41) is 0.721. The third-order valence-corrected chi connectivity index (χ3v) is 2.63. The number of methoxy groups -OCH3 is 1. The highest BCUT2D eigenvalue weighted by atomic mass is 35.5. The second-order valence-corrected chi connectivity index (χ2v) is 3.66. The standard InChI is InChI=1S/C11H13ClO2/c1-7-4-9(10(13)6-14-3)5-8(2)11(7)12/h4-5H,6H2,1-3H3. The highest BCUT2D eigenvalue weighted by molar-refractivity contribution is 6.32. The maximum atomic E-state index is 11.5. The normalized spacial score (nSPS) is 10.3. The molecular formula is C11H13ClO2. The smallest absolute Gasteiger partial charge is 0.188 e. The average Bonchev–Trinajstić information content (AvgIpc) is 2.13. The van der Waals surface area contributed by atoms with Crippen molar-refractivity contribution in [2.45, 2.75) is 13.8 Å². The lowest BCUT2D eigenvalue weighted by molar-refractivity contribution is 0.0848. The monoisotopic (exact) mass is 212 g/mol. The number of hydrogen-bond donors (Lipinski definition) is 0. The van der Waals surface area contributed by atoms with Crippen molar-refractivity contribution < 1.29 is 9.53 Å². The van der Waals surface area contributed by atoms with Gasteiger partial charge in [0.25, 0.3) is 0 Å². The molecule has 1 rings (SSSR count). The molecule has 0 aliphatic rings. The van der Waals surface area contributed by atoms with Gasteiger partial charge in [0.2, 0.25) is 0 Å². The van der Waals surface area contributed by atoms with Gasteiger partial charge in [0.05, 0.1) is 0 Å². The van der Waals surface area contributed by atoms with Crippen molar-refractivity contribution in [2.75, 3.05) is 13.7 Å². The van der Waals surface area contributed by atoms with Gasteiger partial charge in [0.15, 0.2) is 5.78 Å². The summed E-state index contributed by atoms with van der Waals surface area (Å²) in [6, 6.07) is 3.58. The van der Waals surface area contributed by atoms with Gasteiger partial charge in [-0.3, -0.25) is 4.79 Å². The number of rotatable bonds is 3. The van der Waals surface area contributed by atoms with Crippen LogP contribution in [-0.2, 0) is 4.74 Å². The van der Waals surface area contributed by atoms with Crippen molar-refractivity contribution in [1.82, 2.24) is 0 Å². The second-order valence-electron chi connectivity index (χ2n) is 3.28. The number of Topliss-reactive ketones (excluding diaryl/α,β-unsaturated/α-hetero) is 1. The molecule has 0 fully saturated rings. The third-order valence-electron chi connectivity index (χ3n) is 2.03. The van der Waals surface area contributed by atoms with Crippen LogP contribution in [0.5, 0.6) is 0 Å². The van der Waals surface area contributed by atoms with Gasteiger partial charge in [0, 0.05) is 17.7 Å². The first-order chi connectivity index (χ1) is 6.56. The Morgan fingerprint density at radius 2 is 1.86 bits per heavy atom. The summed E-state index contributed by atoms with van der Waals surface area (Å²) in [6.07, 6.45) is 0. The minimum atomic E-state index is -0.0182. The summed E-state index contributed by atoms with van der Waals surface area (Å²) in [7, 11) is 1.51. The van der Waals surface area contributed by atoms with E-state index in [1.54, 1.807) is 12.1 Å². The van der Waals surface area contributed by atoms with Crippen LogP contribution in [0, 0.1) is 13.8 Å². The molecule has 0 heterocycles. The largest absolute Gasteiger partial charge is 0.377 e. The zero-order valence-electron chi connectivity index (χ0n) is 8.56. The van der Waals surface area contributed by atoms with Crippen LogP contribution in [0.25, 0.3) is 0 Å². The molecule has 3 heteroatoms. The van der Waals surface area contributed by atoms with Crippen molar-refractivity contribution in [3.05, 3.63) is 33.8 Å². The van der Waals surface area contributed by atoms with Gasteiger partial charge < -0.3 is 4.74 Å². The van der Waals surface area contributed by atoms with Gasteiger partial charge in [-0.1, -0.05) is 11.6 Å². The molecule has 0 unspecified atom stereocenters. The van der Waals surface area contributed by atoms with E-state index in [2.05, 4.69) is 0 Å². The van der Waals surface area contributed by atoms with Crippen LogP contribution in [0.2, 0.25) is 5.02 Å². The summed E-state index contributed by atoms with van der Waals surface area (Å²) >= 11 is 5.99. The Labute approximate surface area is 88.8 Å². The van der Waals surface area contributed by atoms with Crippen molar-refractivity contribution in [3.8, 4) is 0 Å². The van der Waals surface area contributed by atoms with Crippen molar-refractivity contribution >= 4 is 17.4 Å². The van der Waals surface area contributed by atoms with E-state index < -0.39 is 0 Å². The Kier molecular flexibility index (Phi) is 3.67. The van der Waals surface area contributed by atoms with Gasteiger partial charge in [-0.05, 0) is 37.1 Å². The van der Waals surface area contributed by atoms with Gasteiger partial charge in [-0.25, -0.2) is 0 Å². The molecule has 0 bridgehead atoms. The van der Waals surface area contributed by atoms with Gasteiger partial charge in [-0.2, -0.15) is 0 Å². The van der Waals surface area contributed by atoms with Gasteiger partial charge in [-0.15, -0.1) is 0 Å². The van der Waals surface area contributed by atoms with Crippen LogP contribution in [-0.4, -0.2) is 19.5 Å². The fraction of sp³-hybridized carbons (Fsp3) is 0.364. The van der Waals surface area contributed by atoms with Crippen molar-refractivity contribution in [3.63, 3.8) is 0 Å². The number of halogens is 1. The number of ketones is 1. The lowest BCUT2D eigenvalue weighted by Gasteiger charge is -2.06. The third kappa shape index (κ3) is 2.34. The maximum Gasteiger partial charge on any atom is 0.188 e. The number of benzene rings is 1. The van der Waals surface area contributed by atoms with Gasteiger partial charge >= 0.3 is 0 Å². The van der Waals surface area contributed by atoms with E-state index in [1.165, 1.54) is 7.11 Å². The number of ether oxygens (including phenoxy) is 1. The summed E-state index contributed by atoms with van der Waals surface area (Å²) in [4.78, 5) is 11.5. The number of aryl methyl sites for hydroxylation is 2. The Hall–Kier alpha value is -0.860. The molecular weight excluding hydrogens is 200 g/mol. The molecule has 0 aliphatic heterocycles. The maximum absolute atomic E-state index is 11.5. The van der Waals surface area contributed by atoms with Crippen LogP contribution in [0.4, 0.5) is 0 Å². The topological polar surface area (TPSA) is 26.3 Å². The Morgan fingerprint density at radius 3 is 2.29 bits per heavy atom. The predicted molar refractivity (Wildman–Crippen MR) is 57.1 cm³/mol. The molecule has 0 atom stereocenters. The molecule has 0 N–H and O–H groups in total. The van der Waals surface area contributed by atoms with E-state index >= 15 is 0 Å². The van der Waals surface area contributed by atoms with Crippen molar-refractivity contribution in [2.24, 2.45) is 0 Å². The number of carbonyl (C=O) groups is 1. The lowest BCUT2D eigenvalue weighted by Crippen LogP contribution is -2.07. The van der Waals surface area contributed by atoms with Crippen LogP contribution in [0.3, 0.4) is 0 Å². The highest BCUT2D eigenvalue weighted by Crippen LogP contribution is 2.21. The molecule has 1 aromatic rings. The van der Waals surface area contributed by atoms with Crippen LogP contribution < -0.4 is 0 Å². The molecule has 76 valence electrons. The van der Waals surface area contributed by atoms with E-state index in [1.807, 2.05) is 13.8 Å². The molecule has 0 aliphatic carbocycles. The zero-order chi connectivity index (χ0) is 10.7. The Balaban J connectivity index is 3.06. The summed E-state index contributed by atoms with van der Waals surface area (Å²) in [5.74, 6) is -0.0182. The molecule has 0 radical (unpaired) electrons. The molecule has 0 aromatic heterocycles. The Morgan fingerprint density at radius 1 is 1.36 bits per heavy atom. The van der Waals surface area contributed by atoms with Crippen molar-refractivity contribution in [1.29, 1.82) is 0 Å². The number of hydrogen-bond acceptors (Lipinski definition) is 2. The summed E-state index contributed by atoms with van der Waals surface area (Å²) in [5.41, 5.74) is 2.50. The first-order valence-corrected chi connectivity index (χ1v) is 4.73. The minimum absolute atomic E-state index is 0.0182. The van der Waals surface area contributed by atoms with E-state index in [-0.39, 0.29) is 12.4 Å². The van der Waals surface area contributed by atoms with E-state index in [0.29, 0.717) is 5.56 Å². The molecule has 0 saturated carbocycles. The highest BCUT2D eigenvalue weighted by Gasteiger charge is 2.08. The van der Waals surface area contributed by atoms with Crippen LogP contribution in [0.15, 0.2) is 12.1 Å². The minimum Gasteiger partial charge on any atom is -0.377 e.